The summed E-state index contributed by atoms with van der Waals surface area (Å²) in [5.74, 6) is -0.211. The third kappa shape index (κ3) is 4.60. The van der Waals surface area contributed by atoms with Crippen molar-refractivity contribution < 1.29 is 9.18 Å². The molecule has 0 fully saturated rings. The summed E-state index contributed by atoms with van der Waals surface area (Å²) in [5, 5.41) is 3.05. The average molecular weight is 280 g/mol. The fourth-order valence-electron chi connectivity index (χ4n) is 2.28. The smallest absolute Gasteiger partial charge is 0.224 e. The molecule has 1 aromatic rings. The first-order valence-electron chi connectivity index (χ1n) is 7.25. The highest BCUT2D eigenvalue weighted by atomic mass is 19.1. The molecule has 0 saturated heterocycles. The first-order valence-corrected chi connectivity index (χ1v) is 7.25. The number of nitrogens with two attached hydrogens (primary N) is 1. The van der Waals surface area contributed by atoms with Crippen molar-refractivity contribution in [1.82, 2.24) is 5.32 Å². The monoisotopic (exact) mass is 280 g/mol. The Morgan fingerprint density at radius 1 is 1.30 bits per heavy atom. The molecule has 0 radical (unpaired) electrons. The van der Waals surface area contributed by atoms with Crippen LogP contribution in [0.4, 0.5) is 4.39 Å². The number of carbonyl (C=O) groups is 1. The highest BCUT2D eigenvalue weighted by molar-refractivity contribution is 5.79. The second-order valence-electron chi connectivity index (χ2n) is 5.50. The zero-order valence-electron chi connectivity index (χ0n) is 12.5. The Balaban J connectivity index is 2.82. The molecule has 0 aromatic heterocycles. The first kappa shape index (κ1) is 16.6. The summed E-state index contributed by atoms with van der Waals surface area (Å²) in [6.07, 6.45) is 1.72. The van der Waals surface area contributed by atoms with E-state index in [4.69, 9.17) is 5.73 Å². The minimum absolute atomic E-state index is 0.0163. The van der Waals surface area contributed by atoms with Crippen LogP contribution in [0.15, 0.2) is 24.3 Å². The number of benzene rings is 1. The zero-order valence-corrected chi connectivity index (χ0v) is 12.5. The molecule has 0 aliphatic carbocycles. The van der Waals surface area contributed by atoms with E-state index in [-0.39, 0.29) is 29.6 Å². The van der Waals surface area contributed by atoms with Crippen LogP contribution >= 0.6 is 0 Å². The van der Waals surface area contributed by atoms with Crippen molar-refractivity contribution in [2.24, 2.45) is 17.6 Å². The van der Waals surface area contributed by atoms with Gasteiger partial charge in [0.1, 0.15) is 5.82 Å². The quantitative estimate of drug-likeness (QED) is 0.806. The van der Waals surface area contributed by atoms with Gasteiger partial charge in [0.15, 0.2) is 0 Å². The maximum absolute atomic E-state index is 13.0. The normalized spacial score (nSPS) is 14.1. The van der Waals surface area contributed by atoms with Crippen molar-refractivity contribution in [3.8, 4) is 0 Å². The van der Waals surface area contributed by atoms with Crippen molar-refractivity contribution in [1.29, 1.82) is 0 Å². The van der Waals surface area contributed by atoms with Crippen molar-refractivity contribution in [3.05, 3.63) is 35.6 Å². The van der Waals surface area contributed by atoms with Crippen molar-refractivity contribution >= 4 is 5.91 Å². The van der Waals surface area contributed by atoms with Crippen LogP contribution in [0.5, 0.6) is 0 Å². The number of nitrogens with one attached hydrogen (secondary N) is 1. The standard InChI is InChI=1S/C16H25FN2O/c1-4-5-13(10-18)16(20)19-15(11(2)3)12-6-8-14(17)9-7-12/h6-9,11,13,15H,4-5,10,18H2,1-3H3,(H,19,20). The van der Waals surface area contributed by atoms with Gasteiger partial charge in [0.2, 0.25) is 5.91 Å². The Hall–Kier alpha value is -1.42. The third-order valence-electron chi connectivity index (χ3n) is 3.49. The molecule has 0 aliphatic rings. The lowest BCUT2D eigenvalue weighted by atomic mass is 9.94. The molecule has 2 unspecified atom stereocenters. The van der Waals surface area contributed by atoms with E-state index in [0.29, 0.717) is 6.54 Å². The maximum Gasteiger partial charge on any atom is 0.224 e. The summed E-state index contributed by atoms with van der Waals surface area (Å²) in [5.41, 5.74) is 6.58. The van der Waals surface area contributed by atoms with E-state index in [0.717, 1.165) is 18.4 Å². The van der Waals surface area contributed by atoms with Crippen molar-refractivity contribution in [3.63, 3.8) is 0 Å². The van der Waals surface area contributed by atoms with Crippen LogP contribution in [0.1, 0.15) is 45.2 Å². The molecular weight excluding hydrogens is 255 g/mol. The number of rotatable bonds is 7. The Bertz CT molecular complexity index is 417. The number of halogens is 1. The Morgan fingerprint density at radius 3 is 2.35 bits per heavy atom. The predicted molar refractivity (Wildman–Crippen MR) is 79.6 cm³/mol. The van der Waals surface area contributed by atoms with Gasteiger partial charge in [-0.05, 0) is 30.0 Å². The molecule has 0 saturated carbocycles. The van der Waals surface area contributed by atoms with E-state index in [2.05, 4.69) is 5.32 Å². The number of hydrogen-bond donors (Lipinski definition) is 2. The molecular formula is C16H25FN2O. The fraction of sp³-hybridized carbons (Fsp3) is 0.562. The van der Waals surface area contributed by atoms with Crippen LogP contribution in [-0.4, -0.2) is 12.5 Å². The lowest BCUT2D eigenvalue weighted by Crippen LogP contribution is -2.39. The number of carbonyl (C=O) groups excluding carboxylic acids is 1. The van der Waals surface area contributed by atoms with Crippen molar-refractivity contribution in [2.45, 2.75) is 39.7 Å². The first-order chi connectivity index (χ1) is 9.49. The van der Waals surface area contributed by atoms with E-state index in [1.165, 1.54) is 12.1 Å². The molecule has 2 atom stereocenters. The van der Waals surface area contributed by atoms with Crippen LogP contribution in [0, 0.1) is 17.7 Å². The van der Waals surface area contributed by atoms with Gasteiger partial charge in [-0.2, -0.15) is 0 Å². The predicted octanol–water partition coefficient (Wildman–Crippen LogP) is 3.01. The summed E-state index contributed by atoms with van der Waals surface area (Å²) in [6.45, 7) is 6.46. The summed E-state index contributed by atoms with van der Waals surface area (Å²) in [4.78, 5) is 12.3. The largest absolute Gasteiger partial charge is 0.349 e. The molecule has 3 nitrogen and oxygen atoms in total. The third-order valence-corrected chi connectivity index (χ3v) is 3.49. The minimum Gasteiger partial charge on any atom is -0.349 e. The summed E-state index contributed by atoms with van der Waals surface area (Å²) < 4.78 is 13.0. The summed E-state index contributed by atoms with van der Waals surface area (Å²) >= 11 is 0. The van der Waals surface area contributed by atoms with Gasteiger partial charge in [0.25, 0.3) is 0 Å². The van der Waals surface area contributed by atoms with Gasteiger partial charge in [-0.25, -0.2) is 4.39 Å². The van der Waals surface area contributed by atoms with E-state index in [1.807, 2.05) is 20.8 Å². The van der Waals surface area contributed by atoms with Gasteiger partial charge in [0.05, 0.1) is 12.0 Å². The number of hydrogen-bond acceptors (Lipinski definition) is 2. The van der Waals surface area contributed by atoms with Crippen LogP contribution < -0.4 is 11.1 Å². The highest BCUT2D eigenvalue weighted by Gasteiger charge is 2.22. The van der Waals surface area contributed by atoms with E-state index >= 15 is 0 Å². The number of amides is 1. The van der Waals surface area contributed by atoms with Crippen LogP contribution in [-0.2, 0) is 4.79 Å². The molecule has 0 bridgehead atoms. The fourth-order valence-corrected chi connectivity index (χ4v) is 2.28. The minimum atomic E-state index is -0.270. The van der Waals surface area contributed by atoms with E-state index in [9.17, 15) is 9.18 Å². The molecule has 1 amide bonds. The second-order valence-corrected chi connectivity index (χ2v) is 5.50. The SMILES string of the molecule is CCCC(CN)C(=O)NC(c1ccc(F)cc1)C(C)C. The van der Waals surface area contributed by atoms with Gasteiger partial charge in [-0.3, -0.25) is 4.79 Å². The van der Waals surface area contributed by atoms with E-state index in [1.54, 1.807) is 12.1 Å². The van der Waals surface area contributed by atoms with Gasteiger partial charge in [-0.15, -0.1) is 0 Å². The Labute approximate surface area is 120 Å². The molecule has 1 rings (SSSR count). The topological polar surface area (TPSA) is 55.1 Å². The summed E-state index contributed by atoms with van der Waals surface area (Å²) in [6, 6.07) is 6.16. The zero-order chi connectivity index (χ0) is 15.1. The molecule has 0 heterocycles. The lowest BCUT2D eigenvalue weighted by molar-refractivity contribution is -0.126. The van der Waals surface area contributed by atoms with Crippen LogP contribution in [0.3, 0.4) is 0 Å². The van der Waals surface area contributed by atoms with Gasteiger partial charge < -0.3 is 11.1 Å². The highest BCUT2D eigenvalue weighted by Crippen LogP contribution is 2.22. The molecule has 1 aromatic carbocycles. The molecule has 3 N–H and O–H groups in total. The van der Waals surface area contributed by atoms with Gasteiger partial charge >= 0.3 is 0 Å². The molecule has 112 valence electrons. The maximum atomic E-state index is 13.0. The molecule has 0 spiro atoms. The average Bonchev–Trinajstić information content (AvgIpc) is 2.42. The van der Waals surface area contributed by atoms with Crippen LogP contribution in [0.2, 0.25) is 0 Å². The molecule has 20 heavy (non-hydrogen) atoms. The molecule has 0 aliphatic heterocycles. The van der Waals surface area contributed by atoms with Crippen molar-refractivity contribution in [2.75, 3.05) is 6.54 Å². The second kappa shape index (κ2) is 8.00. The lowest BCUT2D eigenvalue weighted by Gasteiger charge is -2.25. The van der Waals surface area contributed by atoms with Gasteiger partial charge in [-0.1, -0.05) is 39.3 Å². The van der Waals surface area contributed by atoms with Crippen LogP contribution in [0.25, 0.3) is 0 Å². The Morgan fingerprint density at radius 2 is 1.90 bits per heavy atom. The van der Waals surface area contributed by atoms with E-state index < -0.39 is 0 Å². The Kier molecular flexibility index (Phi) is 6.65. The molecule has 4 heteroatoms. The summed E-state index contributed by atoms with van der Waals surface area (Å²) in [7, 11) is 0. The van der Waals surface area contributed by atoms with Gasteiger partial charge in [0, 0.05) is 6.54 Å².